The second-order valence-electron chi connectivity index (χ2n) is 6.02. The molecule has 0 saturated carbocycles. The fourth-order valence-corrected chi connectivity index (χ4v) is 1.61. The van der Waals surface area contributed by atoms with E-state index in [-0.39, 0.29) is 24.0 Å². The number of alkyl carbamates (subject to hydrolysis) is 2. The van der Waals surface area contributed by atoms with E-state index in [1.165, 1.54) is 6.07 Å². The summed E-state index contributed by atoms with van der Waals surface area (Å²) in [5.41, 5.74) is -0.0650. The predicted molar refractivity (Wildman–Crippen MR) is 96.9 cm³/mol. The SMILES string of the molecule is CCNC(=O)OC(C)(C)C.CCNC(=O)OCc1ccccc1[N+](=O)[O-]. The number of ether oxygens (including phenoxy) is 2. The number of hydrogen-bond acceptors (Lipinski definition) is 6. The van der Waals surface area contributed by atoms with Crippen LogP contribution < -0.4 is 10.6 Å². The summed E-state index contributed by atoms with van der Waals surface area (Å²) < 4.78 is 9.73. The molecule has 0 aliphatic rings. The number of benzene rings is 1. The van der Waals surface area contributed by atoms with Crippen molar-refractivity contribution in [3.05, 3.63) is 39.9 Å². The molecule has 0 aliphatic heterocycles. The monoisotopic (exact) mass is 369 g/mol. The molecule has 0 aliphatic carbocycles. The number of carbonyl (C=O) groups excluding carboxylic acids is 2. The topological polar surface area (TPSA) is 120 Å². The third-order valence-electron chi connectivity index (χ3n) is 2.59. The lowest BCUT2D eigenvalue weighted by Gasteiger charge is -2.19. The van der Waals surface area contributed by atoms with Crippen LogP contribution in [-0.2, 0) is 16.1 Å². The molecule has 1 rings (SSSR count). The summed E-state index contributed by atoms with van der Waals surface area (Å²) in [5.74, 6) is 0. The molecular weight excluding hydrogens is 342 g/mol. The summed E-state index contributed by atoms with van der Waals surface area (Å²) in [6.45, 7) is 10.1. The van der Waals surface area contributed by atoms with Crippen LogP contribution >= 0.6 is 0 Å². The van der Waals surface area contributed by atoms with E-state index < -0.39 is 11.0 Å². The molecule has 0 unspecified atom stereocenters. The largest absolute Gasteiger partial charge is 0.444 e. The number of nitrogens with zero attached hydrogens (tertiary/aromatic N) is 1. The van der Waals surface area contributed by atoms with Crippen molar-refractivity contribution in [2.45, 2.75) is 46.8 Å². The molecule has 2 amide bonds. The number of nitro groups is 1. The lowest BCUT2D eigenvalue weighted by Crippen LogP contribution is -2.32. The van der Waals surface area contributed by atoms with E-state index in [1.54, 1.807) is 25.1 Å². The Kier molecular flexibility index (Phi) is 10.4. The fourth-order valence-electron chi connectivity index (χ4n) is 1.61. The standard InChI is InChI=1S/C10H12N2O4.C7H15NO2/c1-2-11-10(13)16-7-8-5-3-4-6-9(8)12(14)15;1-5-8-6(9)10-7(2,3)4/h3-6H,2,7H2,1H3,(H,11,13);5H2,1-4H3,(H,8,9). The molecule has 0 bridgehead atoms. The van der Waals surface area contributed by atoms with Gasteiger partial charge < -0.3 is 20.1 Å². The van der Waals surface area contributed by atoms with E-state index >= 15 is 0 Å². The van der Waals surface area contributed by atoms with Crippen molar-refractivity contribution in [3.8, 4) is 0 Å². The van der Waals surface area contributed by atoms with Gasteiger partial charge in [0.1, 0.15) is 12.2 Å². The van der Waals surface area contributed by atoms with Crippen LogP contribution in [-0.4, -0.2) is 35.8 Å². The number of hydrogen-bond donors (Lipinski definition) is 2. The number of carbonyl (C=O) groups is 2. The van der Waals surface area contributed by atoms with Gasteiger partial charge in [-0.15, -0.1) is 0 Å². The van der Waals surface area contributed by atoms with Crippen LogP contribution in [0.3, 0.4) is 0 Å². The molecule has 0 heterocycles. The van der Waals surface area contributed by atoms with Crippen LogP contribution in [0.1, 0.15) is 40.2 Å². The van der Waals surface area contributed by atoms with Crippen molar-refractivity contribution >= 4 is 17.9 Å². The van der Waals surface area contributed by atoms with Crippen LogP contribution in [0.25, 0.3) is 0 Å². The van der Waals surface area contributed by atoms with Gasteiger partial charge >= 0.3 is 12.2 Å². The summed E-state index contributed by atoms with van der Waals surface area (Å²) >= 11 is 0. The number of nitrogens with one attached hydrogen (secondary N) is 2. The van der Waals surface area contributed by atoms with Gasteiger partial charge in [0.25, 0.3) is 5.69 Å². The van der Waals surface area contributed by atoms with Gasteiger partial charge in [0.05, 0.1) is 10.5 Å². The normalized spacial score (nSPS) is 10.0. The van der Waals surface area contributed by atoms with Crippen LogP contribution in [0.5, 0.6) is 0 Å². The summed E-state index contributed by atoms with van der Waals surface area (Å²) in [4.78, 5) is 31.9. The van der Waals surface area contributed by atoms with Crippen molar-refractivity contribution in [3.63, 3.8) is 0 Å². The van der Waals surface area contributed by atoms with Gasteiger partial charge in [0, 0.05) is 19.2 Å². The van der Waals surface area contributed by atoms with Crippen molar-refractivity contribution in [1.29, 1.82) is 0 Å². The smallest absolute Gasteiger partial charge is 0.407 e. The Bertz CT molecular complexity index is 598. The van der Waals surface area contributed by atoms with E-state index in [0.29, 0.717) is 18.7 Å². The molecule has 0 aromatic heterocycles. The van der Waals surface area contributed by atoms with E-state index in [2.05, 4.69) is 10.6 Å². The Morgan fingerprint density at radius 2 is 1.62 bits per heavy atom. The Balaban J connectivity index is 0.000000541. The molecule has 1 aromatic carbocycles. The maximum atomic E-state index is 11.0. The van der Waals surface area contributed by atoms with Gasteiger partial charge in [-0.3, -0.25) is 10.1 Å². The molecule has 1 aromatic rings. The first-order chi connectivity index (χ1) is 12.1. The van der Waals surface area contributed by atoms with Crippen LogP contribution in [0, 0.1) is 10.1 Å². The van der Waals surface area contributed by atoms with Gasteiger partial charge in [-0.05, 0) is 40.7 Å². The number of amides is 2. The summed E-state index contributed by atoms with van der Waals surface area (Å²) in [6.07, 6.45) is -0.935. The maximum Gasteiger partial charge on any atom is 0.407 e. The maximum absolute atomic E-state index is 11.0. The van der Waals surface area contributed by atoms with Crippen molar-refractivity contribution in [1.82, 2.24) is 10.6 Å². The van der Waals surface area contributed by atoms with Gasteiger partial charge in [-0.25, -0.2) is 9.59 Å². The molecule has 0 fully saturated rings. The molecule has 0 spiro atoms. The predicted octanol–water partition coefficient (Wildman–Crippen LogP) is 3.37. The number of nitro benzene ring substituents is 1. The third-order valence-corrected chi connectivity index (χ3v) is 2.59. The van der Waals surface area contributed by atoms with Gasteiger partial charge in [0.15, 0.2) is 0 Å². The van der Waals surface area contributed by atoms with Crippen LogP contribution in [0.15, 0.2) is 24.3 Å². The molecule has 146 valence electrons. The molecule has 9 nitrogen and oxygen atoms in total. The Labute approximate surface area is 153 Å². The number of para-hydroxylation sites is 1. The first-order valence-corrected chi connectivity index (χ1v) is 8.20. The molecule has 26 heavy (non-hydrogen) atoms. The van der Waals surface area contributed by atoms with E-state index in [0.717, 1.165) is 0 Å². The zero-order valence-electron chi connectivity index (χ0n) is 15.8. The molecule has 0 atom stereocenters. The van der Waals surface area contributed by atoms with Crippen LogP contribution in [0.4, 0.5) is 15.3 Å². The average molecular weight is 369 g/mol. The van der Waals surface area contributed by atoms with Crippen molar-refractivity contribution in [2.24, 2.45) is 0 Å². The quantitative estimate of drug-likeness (QED) is 0.606. The lowest BCUT2D eigenvalue weighted by molar-refractivity contribution is -0.385. The summed E-state index contributed by atoms with van der Waals surface area (Å²) in [6, 6.07) is 6.14. The minimum atomic E-state index is -0.583. The van der Waals surface area contributed by atoms with Crippen molar-refractivity contribution in [2.75, 3.05) is 13.1 Å². The summed E-state index contributed by atoms with van der Waals surface area (Å²) in [5, 5.41) is 15.6. The molecule has 0 radical (unpaired) electrons. The first-order valence-electron chi connectivity index (χ1n) is 8.20. The van der Waals surface area contributed by atoms with E-state index in [4.69, 9.17) is 9.47 Å². The van der Waals surface area contributed by atoms with Crippen molar-refractivity contribution < 1.29 is 24.0 Å². The van der Waals surface area contributed by atoms with Gasteiger partial charge in [0.2, 0.25) is 0 Å². The molecule has 0 saturated heterocycles. The fraction of sp³-hybridized carbons (Fsp3) is 0.529. The highest BCUT2D eigenvalue weighted by atomic mass is 16.6. The Morgan fingerprint density at radius 3 is 2.12 bits per heavy atom. The third kappa shape index (κ3) is 10.8. The Hall–Kier alpha value is -2.84. The van der Waals surface area contributed by atoms with Gasteiger partial charge in [-0.1, -0.05) is 12.1 Å². The lowest BCUT2D eigenvalue weighted by atomic mass is 10.2. The second kappa shape index (κ2) is 11.7. The summed E-state index contributed by atoms with van der Waals surface area (Å²) in [7, 11) is 0. The minimum Gasteiger partial charge on any atom is -0.444 e. The average Bonchev–Trinajstić information content (AvgIpc) is 2.52. The zero-order chi connectivity index (χ0) is 20.2. The highest BCUT2D eigenvalue weighted by molar-refractivity contribution is 5.67. The second-order valence-corrected chi connectivity index (χ2v) is 6.02. The zero-order valence-corrected chi connectivity index (χ0v) is 15.8. The van der Waals surface area contributed by atoms with E-state index in [9.17, 15) is 19.7 Å². The highest BCUT2D eigenvalue weighted by Crippen LogP contribution is 2.18. The highest BCUT2D eigenvalue weighted by Gasteiger charge is 2.15. The minimum absolute atomic E-state index is 0.0493. The first kappa shape index (κ1) is 23.2. The van der Waals surface area contributed by atoms with Gasteiger partial charge in [-0.2, -0.15) is 0 Å². The Morgan fingerprint density at radius 1 is 1.08 bits per heavy atom. The molecule has 2 N–H and O–H groups in total. The molecule has 9 heteroatoms. The molecular formula is C17H27N3O6. The number of rotatable bonds is 5. The van der Waals surface area contributed by atoms with E-state index in [1.807, 2.05) is 27.7 Å². The van der Waals surface area contributed by atoms with Crippen LogP contribution in [0.2, 0.25) is 0 Å².